The van der Waals surface area contributed by atoms with E-state index in [0.29, 0.717) is 41.8 Å². The number of benzene rings is 3. The predicted octanol–water partition coefficient (Wildman–Crippen LogP) is 5.53. The number of hydrogen-bond donors (Lipinski definition) is 1. The van der Waals surface area contributed by atoms with Crippen LogP contribution in [0.5, 0.6) is 5.75 Å². The van der Waals surface area contributed by atoms with Crippen LogP contribution in [0.1, 0.15) is 31.2 Å². The van der Waals surface area contributed by atoms with Crippen LogP contribution in [-0.4, -0.2) is 38.6 Å². The van der Waals surface area contributed by atoms with Gasteiger partial charge in [0.05, 0.1) is 34.2 Å². The lowest BCUT2D eigenvalue weighted by Gasteiger charge is -2.36. The number of hydrogen-bond acceptors (Lipinski definition) is 5. The maximum absolute atomic E-state index is 14.1. The van der Waals surface area contributed by atoms with Crippen molar-refractivity contribution in [2.45, 2.75) is 43.6 Å². The van der Waals surface area contributed by atoms with E-state index in [4.69, 9.17) is 16.3 Å². The molecule has 1 saturated carbocycles. The number of fused-ring (bicyclic) bond motifs is 1. The largest absolute Gasteiger partial charge is 0.486 e. The molecular formula is C28H27ClFNO5S. The van der Waals surface area contributed by atoms with E-state index in [1.165, 1.54) is 10.4 Å². The Morgan fingerprint density at radius 2 is 1.92 bits per heavy atom. The Balaban J connectivity index is 1.52. The number of rotatable bonds is 8. The molecule has 0 aromatic heterocycles. The molecule has 1 fully saturated rings. The number of ether oxygens (including phenoxy) is 1. The number of Topliss-reactive ketones (excluding diaryl/α,β-unsaturated/α-hetero) is 1. The lowest BCUT2D eigenvalue weighted by Crippen LogP contribution is -2.44. The molecule has 194 valence electrons. The van der Waals surface area contributed by atoms with Gasteiger partial charge in [0.2, 0.25) is 0 Å². The van der Waals surface area contributed by atoms with E-state index >= 15 is 0 Å². The zero-order valence-electron chi connectivity index (χ0n) is 20.3. The molecule has 2 aliphatic rings. The van der Waals surface area contributed by atoms with Crippen molar-refractivity contribution in [2.75, 3.05) is 17.5 Å². The number of ketones is 1. The molecule has 1 atom stereocenters. The standard InChI is InChI=1S/C28H27ClFNO5S/c1-18-4-2-5-21(14-18)37(34,35)31-16-20(9-11-26(33)28(17-32)12-13-28)36-25-10-8-19(15-24(25)31)22-6-3-7-23(30)27(22)29/h2-8,10,14-15,20,32H,9,11-13,16-17H2,1H3/t20-/m0/s1. The predicted molar refractivity (Wildman–Crippen MR) is 140 cm³/mol. The van der Waals surface area contributed by atoms with Gasteiger partial charge in [0.1, 0.15) is 23.5 Å². The third-order valence-electron chi connectivity index (χ3n) is 7.17. The molecule has 37 heavy (non-hydrogen) atoms. The summed E-state index contributed by atoms with van der Waals surface area (Å²) in [5.41, 5.74) is 1.46. The molecule has 1 heterocycles. The van der Waals surface area contributed by atoms with Crippen LogP contribution >= 0.6 is 11.6 Å². The molecule has 9 heteroatoms. The third kappa shape index (κ3) is 4.85. The number of nitrogens with zero attached hydrogens (tertiary/aromatic N) is 1. The van der Waals surface area contributed by atoms with E-state index in [1.54, 1.807) is 48.5 Å². The van der Waals surface area contributed by atoms with Gasteiger partial charge in [0.15, 0.2) is 0 Å². The molecule has 0 saturated heterocycles. The second kappa shape index (κ2) is 9.74. The van der Waals surface area contributed by atoms with Crippen molar-refractivity contribution in [1.82, 2.24) is 0 Å². The second-order valence-electron chi connectivity index (χ2n) is 9.78. The molecule has 1 aliphatic heterocycles. The molecule has 0 spiro atoms. The molecule has 1 N–H and O–H groups in total. The fourth-order valence-corrected chi connectivity index (χ4v) is 6.56. The van der Waals surface area contributed by atoms with Gasteiger partial charge in [-0.05, 0) is 67.6 Å². The maximum Gasteiger partial charge on any atom is 0.264 e. The van der Waals surface area contributed by atoms with E-state index < -0.39 is 27.4 Å². The van der Waals surface area contributed by atoms with E-state index in [9.17, 15) is 22.7 Å². The highest BCUT2D eigenvalue weighted by Crippen LogP contribution is 2.47. The van der Waals surface area contributed by atoms with Gasteiger partial charge >= 0.3 is 0 Å². The summed E-state index contributed by atoms with van der Waals surface area (Å²) < 4.78 is 49.3. The number of carbonyl (C=O) groups is 1. The Morgan fingerprint density at radius 1 is 1.16 bits per heavy atom. The minimum absolute atomic E-state index is 0.00299. The van der Waals surface area contributed by atoms with Crippen LogP contribution in [0.25, 0.3) is 11.1 Å². The average Bonchev–Trinajstić information content (AvgIpc) is 3.69. The van der Waals surface area contributed by atoms with Crippen molar-refractivity contribution in [3.8, 4) is 16.9 Å². The quantitative estimate of drug-likeness (QED) is 0.404. The summed E-state index contributed by atoms with van der Waals surface area (Å²) in [5.74, 6) is -0.244. The van der Waals surface area contributed by atoms with Crippen LogP contribution in [0.3, 0.4) is 0 Å². The fraction of sp³-hybridized carbons (Fsp3) is 0.321. The van der Waals surface area contributed by atoms with Crippen molar-refractivity contribution in [2.24, 2.45) is 5.41 Å². The molecule has 3 aromatic rings. The Kier molecular flexibility index (Phi) is 6.77. The summed E-state index contributed by atoms with van der Waals surface area (Å²) in [7, 11) is -3.99. The van der Waals surface area contributed by atoms with Gasteiger partial charge in [-0.25, -0.2) is 12.8 Å². The smallest absolute Gasteiger partial charge is 0.264 e. The zero-order valence-corrected chi connectivity index (χ0v) is 21.9. The van der Waals surface area contributed by atoms with Gasteiger partial charge in [0.25, 0.3) is 10.0 Å². The van der Waals surface area contributed by atoms with Crippen LogP contribution in [0.4, 0.5) is 10.1 Å². The summed E-state index contributed by atoms with van der Waals surface area (Å²) in [6.07, 6.45) is 1.30. The third-order valence-corrected chi connectivity index (χ3v) is 9.33. The number of carbonyl (C=O) groups excluding carboxylic acids is 1. The van der Waals surface area contributed by atoms with Crippen LogP contribution in [0.15, 0.2) is 65.6 Å². The highest BCUT2D eigenvalue weighted by atomic mass is 35.5. The summed E-state index contributed by atoms with van der Waals surface area (Å²) in [4.78, 5) is 12.8. The molecule has 6 nitrogen and oxygen atoms in total. The van der Waals surface area contributed by atoms with E-state index in [-0.39, 0.29) is 35.3 Å². The van der Waals surface area contributed by atoms with Crippen LogP contribution < -0.4 is 9.04 Å². The topological polar surface area (TPSA) is 83.9 Å². The Labute approximate surface area is 220 Å². The summed E-state index contributed by atoms with van der Waals surface area (Å²) in [6, 6.07) is 16.1. The Morgan fingerprint density at radius 3 is 2.62 bits per heavy atom. The van der Waals surface area contributed by atoms with E-state index in [2.05, 4.69) is 0 Å². The minimum Gasteiger partial charge on any atom is -0.486 e. The number of aliphatic hydroxyl groups excluding tert-OH is 1. The van der Waals surface area contributed by atoms with Gasteiger partial charge in [-0.1, -0.05) is 41.9 Å². The maximum atomic E-state index is 14.1. The van der Waals surface area contributed by atoms with E-state index in [1.807, 2.05) is 13.0 Å². The Hall–Kier alpha value is -2.94. The molecular weight excluding hydrogens is 517 g/mol. The van der Waals surface area contributed by atoms with Crippen LogP contribution in [-0.2, 0) is 14.8 Å². The molecule has 5 rings (SSSR count). The first-order valence-corrected chi connectivity index (χ1v) is 14.0. The number of anilines is 1. The van der Waals surface area contributed by atoms with Crippen molar-refractivity contribution < 1.29 is 27.4 Å². The normalized spacial score (nSPS) is 18.2. The van der Waals surface area contributed by atoms with Crippen molar-refractivity contribution >= 4 is 33.1 Å². The monoisotopic (exact) mass is 543 g/mol. The first-order chi connectivity index (χ1) is 17.6. The summed E-state index contributed by atoms with van der Waals surface area (Å²) >= 11 is 6.21. The average molecular weight is 544 g/mol. The highest BCUT2D eigenvalue weighted by Gasteiger charge is 2.48. The lowest BCUT2D eigenvalue weighted by molar-refractivity contribution is -0.126. The van der Waals surface area contributed by atoms with Crippen molar-refractivity contribution in [3.05, 3.63) is 77.1 Å². The minimum atomic E-state index is -3.99. The highest BCUT2D eigenvalue weighted by molar-refractivity contribution is 7.92. The Bertz CT molecular complexity index is 1470. The first kappa shape index (κ1) is 25.7. The molecule has 0 bridgehead atoms. The number of halogens is 2. The number of sulfonamides is 1. The molecule has 0 unspecified atom stereocenters. The SMILES string of the molecule is Cc1cccc(S(=O)(=O)N2C[C@H](CCC(=O)C3(CO)CC3)Oc3ccc(-c4cccc(F)c4Cl)cc32)c1. The lowest BCUT2D eigenvalue weighted by atomic mass is 9.96. The van der Waals surface area contributed by atoms with Gasteiger partial charge < -0.3 is 9.84 Å². The summed E-state index contributed by atoms with van der Waals surface area (Å²) in [6.45, 7) is 1.65. The number of aryl methyl sites for hydroxylation is 1. The summed E-state index contributed by atoms with van der Waals surface area (Å²) in [5, 5.41) is 9.52. The van der Waals surface area contributed by atoms with Crippen LogP contribution in [0, 0.1) is 18.2 Å². The van der Waals surface area contributed by atoms with Gasteiger partial charge in [-0.3, -0.25) is 9.10 Å². The van der Waals surface area contributed by atoms with Gasteiger partial charge in [-0.15, -0.1) is 0 Å². The molecule has 0 amide bonds. The second-order valence-corrected chi connectivity index (χ2v) is 12.0. The molecule has 0 radical (unpaired) electrons. The molecule has 1 aliphatic carbocycles. The fourth-order valence-electron chi connectivity index (χ4n) is 4.72. The zero-order chi connectivity index (χ0) is 26.4. The van der Waals surface area contributed by atoms with Gasteiger partial charge in [-0.2, -0.15) is 0 Å². The number of aliphatic hydroxyl groups is 1. The first-order valence-electron chi connectivity index (χ1n) is 12.1. The molecule has 3 aromatic carbocycles. The van der Waals surface area contributed by atoms with Crippen molar-refractivity contribution in [1.29, 1.82) is 0 Å². The van der Waals surface area contributed by atoms with Crippen LogP contribution in [0.2, 0.25) is 5.02 Å². The van der Waals surface area contributed by atoms with Crippen molar-refractivity contribution in [3.63, 3.8) is 0 Å². The van der Waals surface area contributed by atoms with E-state index in [0.717, 1.165) is 5.56 Å². The van der Waals surface area contributed by atoms with Gasteiger partial charge in [0, 0.05) is 12.0 Å².